The van der Waals surface area contributed by atoms with Gasteiger partial charge in [0.05, 0.1) is 18.6 Å². The number of hydrogen-bond acceptors (Lipinski definition) is 2. The lowest BCUT2D eigenvalue weighted by molar-refractivity contribution is -0.985. The van der Waals surface area contributed by atoms with Crippen LogP contribution in [0.4, 0.5) is 0 Å². The SMILES string of the molecule is C=C[C@H]1C[N@+]2(Cc3ccccc3)CC[C@H]1C[C@H]2[C@H](OC)c1ccnc2ccccc12. The van der Waals surface area contributed by atoms with Crippen molar-refractivity contribution >= 4 is 10.9 Å². The fourth-order valence-corrected chi connectivity index (χ4v) is 6.17. The van der Waals surface area contributed by atoms with E-state index in [0.29, 0.717) is 17.9 Å². The van der Waals surface area contributed by atoms with Crippen molar-refractivity contribution in [1.82, 2.24) is 4.98 Å². The average molecular weight is 400 g/mol. The Morgan fingerprint density at radius 1 is 1.13 bits per heavy atom. The highest BCUT2D eigenvalue weighted by Gasteiger charge is 2.54. The molecule has 0 radical (unpaired) electrons. The van der Waals surface area contributed by atoms with Crippen molar-refractivity contribution < 1.29 is 9.22 Å². The van der Waals surface area contributed by atoms with E-state index in [-0.39, 0.29) is 6.10 Å². The standard InChI is InChI=1S/C27H31N2O/c1-3-21-19-29(18-20-9-5-4-6-10-20)16-14-22(21)17-26(29)27(30-2)24-13-15-28-25-12-8-7-11-23(24)25/h3-13,15,21-22,26-27H,1,14,16-19H2,2H3/q+1/t21-,22-,26-,27+,29+/m0/s1. The number of nitrogens with zero attached hydrogens (tertiary/aromatic N) is 2. The molecule has 0 N–H and O–H groups in total. The van der Waals surface area contributed by atoms with Gasteiger partial charge in [-0.25, -0.2) is 0 Å². The van der Waals surface area contributed by atoms with Gasteiger partial charge >= 0.3 is 0 Å². The van der Waals surface area contributed by atoms with Gasteiger partial charge in [0, 0.05) is 43.0 Å². The Balaban J connectivity index is 1.58. The number of methoxy groups -OCH3 is 1. The predicted octanol–water partition coefficient (Wildman–Crippen LogP) is 5.53. The highest BCUT2D eigenvalue weighted by Crippen LogP contribution is 2.48. The van der Waals surface area contributed by atoms with Gasteiger partial charge in [0.15, 0.2) is 0 Å². The summed E-state index contributed by atoms with van der Waals surface area (Å²) >= 11 is 0. The summed E-state index contributed by atoms with van der Waals surface area (Å²) in [6.45, 7) is 7.62. The predicted molar refractivity (Wildman–Crippen MR) is 122 cm³/mol. The van der Waals surface area contributed by atoms with Crippen molar-refractivity contribution in [2.75, 3.05) is 20.2 Å². The topological polar surface area (TPSA) is 22.1 Å². The van der Waals surface area contributed by atoms with E-state index in [2.05, 4.69) is 78.3 Å². The summed E-state index contributed by atoms with van der Waals surface area (Å²) in [7, 11) is 1.88. The zero-order valence-corrected chi connectivity index (χ0v) is 17.8. The monoisotopic (exact) mass is 399 g/mol. The Bertz CT molecular complexity index is 1030. The molecule has 154 valence electrons. The minimum atomic E-state index is 0.0650. The maximum atomic E-state index is 6.30. The van der Waals surface area contributed by atoms with E-state index in [1.807, 2.05) is 13.3 Å². The Morgan fingerprint density at radius 2 is 1.93 bits per heavy atom. The fourth-order valence-electron chi connectivity index (χ4n) is 6.17. The lowest BCUT2D eigenvalue weighted by Crippen LogP contribution is -2.67. The first-order chi connectivity index (χ1) is 14.7. The summed E-state index contributed by atoms with van der Waals surface area (Å²) in [5.74, 6) is 1.32. The summed E-state index contributed by atoms with van der Waals surface area (Å²) in [4.78, 5) is 4.59. The third kappa shape index (κ3) is 3.27. The van der Waals surface area contributed by atoms with Gasteiger partial charge in [-0.05, 0) is 23.6 Å². The first-order valence-corrected chi connectivity index (χ1v) is 11.1. The Labute approximate surface area is 179 Å². The molecule has 2 aromatic carbocycles. The second-order valence-electron chi connectivity index (χ2n) is 9.09. The lowest BCUT2D eigenvalue weighted by atomic mass is 9.71. The molecule has 5 atom stereocenters. The molecule has 3 saturated heterocycles. The van der Waals surface area contributed by atoms with Gasteiger partial charge in [0.25, 0.3) is 0 Å². The maximum absolute atomic E-state index is 6.30. The second-order valence-corrected chi connectivity index (χ2v) is 9.09. The molecule has 0 saturated carbocycles. The number of aromatic nitrogens is 1. The zero-order chi connectivity index (χ0) is 20.6. The molecule has 0 aliphatic carbocycles. The van der Waals surface area contributed by atoms with Gasteiger partial charge in [-0.3, -0.25) is 4.98 Å². The molecule has 3 fully saturated rings. The number of piperidine rings is 3. The Hall–Kier alpha value is -2.49. The molecule has 0 amide bonds. The molecule has 3 aliphatic rings. The minimum absolute atomic E-state index is 0.0650. The third-order valence-corrected chi connectivity index (χ3v) is 7.61. The van der Waals surface area contributed by atoms with Crippen LogP contribution in [-0.2, 0) is 11.3 Å². The molecular formula is C27H31N2O+. The van der Waals surface area contributed by atoms with Crippen LogP contribution >= 0.6 is 0 Å². The Kier molecular flexibility index (Phi) is 5.18. The molecule has 6 rings (SSSR count). The van der Waals surface area contributed by atoms with E-state index in [1.165, 1.54) is 35.9 Å². The number of ether oxygens (including phenoxy) is 1. The maximum Gasteiger partial charge on any atom is 0.135 e. The normalized spacial score (nSPS) is 29.0. The van der Waals surface area contributed by atoms with E-state index in [4.69, 9.17) is 4.74 Å². The van der Waals surface area contributed by atoms with Gasteiger partial charge in [-0.1, -0.05) is 54.6 Å². The van der Waals surface area contributed by atoms with Crippen LogP contribution in [0.3, 0.4) is 0 Å². The summed E-state index contributed by atoms with van der Waals surface area (Å²) in [6.07, 6.45) is 6.69. The smallest absolute Gasteiger partial charge is 0.135 e. The van der Waals surface area contributed by atoms with Crippen molar-refractivity contribution in [3.05, 3.63) is 90.6 Å². The van der Waals surface area contributed by atoms with E-state index in [9.17, 15) is 0 Å². The van der Waals surface area contributed by atoms with Crippen LogP contribution in [0.25, 0.3) is 10.9 Å². The van der Waals surface area contributed by atoms with Crippen LogP contribution in [0.2, 0.25) is 0 Å². The van der Waals surface area contributed by atoms with Crippen LogP contribution in [-0.4, -0.2) is 35.7 Å². The molecule has 2 bridgehead atoms. The van der Waals surface area contributed by atoms with Crippen LogP contribution in [0.1, 0.15) is 30.1 Å². The molecule has 0 unspecified atom stereocenters. The lowest BCUT2D eigenvalue weighted by Gasteiger charge is -2.58. The van der Waals surface area contributed by atoms with Crippen molar-refractivity contribution in [3.63, 3.8) is 0 Å². The minimum Gasteiger partial charge on any atom is -0.370 e. The number of quaternary nitrogens is 1. The van der Waals surface area contributed by atoms with Crippen LogP contribution in [0.5, 0.6) is 0 Å². The first kappa shape index (κ1) is 19.5. The van der Waals surface area contributed by atoms with Crippen molar-refractivity contribution in [2.24, 2.45) is 11.8 Å². The summed E-state index contributed by atoms with van der Waals surface area (Å²) in [6, 6.07) is 22.0. The zero-order valence-electron chi connectivity index (χ0n) is 17.8. The van der Waals surface area contributed by atoms with Gasteiger partial charge in [0.1, 0.15) is 18.7 Å². The number of fused-ring (bicyclic) bond motifs is 4. The quantitative estimate of drug-likeness (QED) is 0.401. The Morgan fingerprint density at radius 3 is 2.73 bits per heavy atom. The molecular weight excluding hydrogens is 368 g/mol. The molecule has 0 spiro atoms. The molecule has 1 aromatic heterocycles. The van der Waals surface area contributed by atoms with E-state index < -0.39 is 0 Å². The van der Waals surface area contributed by atoms with Crippen molar-refractivity contribution in [3.8, 4) is 0 Å². The number of para-hydroxylation sites is 1. The third-order valence-electron chi connectivity index (χ3n) is 7.61. The van der Waals surface area contributed by atoms with Gasteiger partial charge in [-0.15, -0.1) is 6.58 Å². The van der Waals surface area contributed by atoms with Crippen LogP contribution < -0.4 is 0 Å². The molecule has 3 aromatic rings. The van der Waals surface area contributed by atoms with Crippen molar-refractivity contribution in [1.29, 1.82) is 0 Å². The number of rotatable bonds is 6. The summed E-state index contributed by atoms with van der Waals surface area (Å²) in [5.41, 5.74) is 3.74. The molecule has 3 aliphatic heterocycles. The second kappa shape index (κ2) is 7.98. The highest BCUT2D eigenvalue weighted by atomic mass is 16.5. The molecule has 30 heavy (non-hydrogen) atoms. The summed E-state index contributed by atoms with van der Waals surface area (Å²) in [5, 5.41) is 1.22. The number of pyridine rings is 1. The van der Waals surface area contributed by atoms with E-state index in [1.54, 1.807) is 0 Å². The molecule has 3 nitrogen and oxygen atoms in total. The van der Waals surface area contributed by atoms with Gasteiger partial charge < -0.3 is 9.22 Å². The van der Waals surface area contributed by atoms with Crippen LogP contribution in [0.15, 0.2) is 79.5 Å². The van der Waals surface area contributed by atoms with Crippen LogP contribution in [0, 0.1) is 11.8 Å². The van der Waals surface area contributed by atoms with Gasteiger partial charge in [0.2, 0.25) is 0 Å². The fraction of sp³-hybridized carbons (Fsp3) is 0.370. The number of benzene rings is 2. The van der Waals surface area contributed by atoms with Gasteiger partial charge in [-0.2, -0.15) is 0 Å². The average Bonchev–Trinajstić information content (AvgIpc) is 2.81. The first-order valence-electron chi connectivity index (χ1n) is 11.1. The van der Waals surface area contributed by atoms with E-state index in [0.717, 1.165) is 23.1 Å². The van der Waals surface area contributed by atoms with Crippen molar-refractivity contribution in [2.45, 2.75) is 31.5 Å². The highest BCUT2D eigenvalue weighted by molar-refractivity contribution is 5.82. The molecule has 3 heteroatoms. The largest absolute Gasteiger partial charge is 0.370 e. The van der Waals surface area contributed by atoms with E-state index >= 15 is 0 Å². The summed E-state index contributed by atoms with van der Waals surface area (Å²) < 4.78 is 7.39. The number of hydrogen-bond donors (Lipinski definition) is 0. The molecule has 4 heterocycles.